The summed E-state index contributed by atoms with van der Waals surface area (Å²) in [6.45, 7) is 0. The molecule has 0 saturated carbocycles. The van der Waals surface area contributed by atoms with Gasteiger partial charge in [-0.15, -0.1) is 0 Å². The minimum Gasteiger partial charge on any atom is -0.371 e. The Morgan fingerprint density at radius 1 is 1.62 bits per heavy atom. The van der Waals surface area contributed by atoms with Crippen LogP contribution in [0.1, 0.15) is 0 Å². The van der Waals surface area contributed by atoms with Crippen LogP contribution in [0.3, 0.4) is 0 Å². The van der Waals surface area contributed by atoms with E-state index in [0.29, 0.717) is 5.03 Å². The van der Waals surface area contributed by atoms with Gasteiger partial charge in [0.25, 0.3) is 0 Å². The Labute approximate surface area is 58.0 Å². The fourth-order valence-corrected chi connectivity index (χ4v) is 0.711. The van der Waals surface area contributed by atoms with Gasteiger partial charge in [-0.1, -0.05) is 23.2 Å². The zero-order valence-electron chi connectivity index (χ0n) is 4.07. The first-order chi connectivity index (χ1) is 3.79. The highest BCUT2D eigenvalue weighted by Crippen LogP contribution is 2.08. The Morgan fingerprint density at radius 2 is 2.38 bits per heavy atom. The van der Waals surface area contributed by atoms with E-state index >= 15 is 0 Å². The van der Waals surface area contributed by atoms with Crippen LogP contribution in [-0.4, -0.2) is 5.50 Å². The molecule has 0 amide bonds. The molecule has 0 aromatic rings. The summed E-state index contributed by atoms with van der Waals surface area (Å²) in [5, 5.41) is 3.50. The van der Waals surface area contributed by atoms with Crippen LogP contribution in [0.2, 0.25) is 0 Å². The molecule has 0 aromatic heterocycles. The molecule has 1 aliphatic heterocycles. The molecule has 1 rings (SSSR count). The Balaban J connectivity index is 2.58. The zero-order chi connectivity index (χ0) is 5.98. The van der Waals surface area contributed by atoms with Crippen molar-refractivity contribution in [3.8, 4) is 0 Å². The summed E-state index contributed by atoms with van der Waals surface area (Å²) in [5.74, 6) is 0. The van der Waals surface area contributed by atoms with Gasteiger partial charge in [0.05, 0.1) is 5.03 Å². The van der Waals surface area contributed by atoms with E-state index in [9.17, 15) is 0 Å². The molecule has 0 bridgehead atoms. The van der Waals surface area contributed by atoms with Crippen LogP contribution < -0.4 is 5.32 Å². The van der Waals surface area contributed by atoms with Gasteiger partial charge in [0.1, 0.15) is 5.50 Å². The van der Waals surface area contributed by atoms with Crippen molar-refractivity contribution in [1.82, 2.24) is 5.32 Å². The molecule has 0 spiro atoms. The van der Waals surface area contributed by atoms with E-state index in [0.717, 1.165) is 0 Å². The molecule has 8 heavy (non-hydrogen) atoms. The molecule has 3 heteroatoms. The van der Waals surface area contributed by atoms with Crippen molar-refractivity contribution in [2.75, 3.05) is 0 Å². The molecule has 0 aromatic carbocycles. The molecule has 0 fully saturated rings. The van der Waals surface area contributed by atoms with Crippen molar-refractivity contribution in [1.29, 1.82) is 0 Å². The van der Waals surface area contributed by atoms with Crippen LogP contribution in [0.4, 0.5) is 0 Å². The molecule has 0 radical (unpaired) electrons. The normalized spacial score (nSPS) is 26.8. The minimum absolute atomic E-state index is 0.0995. The average molecular weight is 150 g/mol. The summed E-state index contributed by atoms with van der Waals surface area (Å²) in [5.41, 5.74) is -0.0995. The molecule has 1 nitrogen and oxygen atoms in total. The summed E-state index contributed by atoms with van der Waals surface area (Å²) in [4.78, 5) is 0. The van der Waals surface area contributed by atoms with E-state index in [1.165, 1.54) is 0 Å². The largest absolute Gasteiger partial charge is 0.371 e. The van der Waals surface area contributed by atoms with E-state index in [4.69, 9.17) is 23.2 Å². The second-order valence-electron chi connectivity index (χ2n) is 1.46. The maximum absolute atomic E-state index is 5.58. The van der Waals surface area contributed by atoms with Gasteiger partial charge in [0.2, 0.25) is 0 Å². The third kappa shape index (κ3) is 1.42. The van der Waals surface area contributed by atoms with E-state index < -0.39 is 0 Å². The topological polar surface area (TPSA) is 12.0 Å². The van der Waals surface area contributed by atoms with Gasteiger partial charge in [-0.05, 0) is 12.2 Å². The lowest BCUT2D eigenvalue weighted by atomic mass is 10.4. The third-order valence-electron chi connectivity index (χ3n) is 0.805. The quantitative estimate of drug-likeness (QED) is 0.410. The molecule has 1 N–H and O–H groups in total. The highest BCUT2D eigenvalue weighted by molar-refractivity contribution is 6.31. The fourth-order valence-electron chi connectivity index (χ4n) is 0.439. The van der Waals surface area contributed by atoms with Crippen LogP contribution >= 0.6 is 23.2 Å². The van der Waals surface area contributed by atoms with Crippen molar-refractivity contribution in [2.45, 2.75) is 5.50 Å². The minimum atomic E-state index is -0.0995. The summed E-state index contributed by atoms with van der Waals surface area (Å²) < 4.78 is 0. The second-order valence-corrected chi connectivity index (χ2v) is 2.36. The molecule has 0 saturated heterocycles. The first-order valence-corrected chi connectivity index (χ1v) is 3.04. The van der Waals surface area contributed by atoms with Gasteiger partial charge >= 0.3 is 0 Å². The van der Waals surface area contributed by atoms with Crippen molar-refractivity contribution in [3.05, 3.63) is 23.4 Å². The standard InChI is InChI=1S/C5H5Cl2N/c6-4-1-2-5(7)8-3-4/h1-3,5,8H. The summed E-state index contributed by atoms with van der Waals surface area (Å²) in [6, 6.07) is 0. The Bertz CT molecular complexity index is 139. The highest BCUT2D eigenvalue weighted by atomic mass is 35.5. The zero-order valence-corrected chi connectivity index (χ0v) is 5.58. The van der Waals surface area contributed by atoms with Gasteiger partial charge in [-0.3, -0.25) is 0 Å². The summed E-state index contributed by atoms with van der Waals surface area (Å²) in [7, 11) is 0. The maximum Gasteiger partial charge on any atom is 0.120 e. The summed E-state index contributed by atoms with van der Waals surface area (Å²) >= 11 is 11.1. The number of alkyl halides is 1. The van der Waals surface area contributed by atoms with Crippen LogP contribution in [-0.2, 0) is 0 Å². The predicted molar refractivity (Wildman–Crippen MR) is 35.9 cm³/mol. The van der Waals surface area contributed by atoms with Crippen molar-refractivity contribution < 1.29 is 0 Å². The Morgan fingerprint density at radius 3 is 2.75 bits per heavy atom. The second kappa shape index (κ2) is 2.42. The molecule has 44 valence electrons. The number of halogens is 2. The molecule has 0 aliphatic carbocycles. The van der Waals surface area contributed by atoms with Gasteiger partial charge in [0.15, 0.2) is 0 Å². The fraction of sp³-hybridized carbons (Fsp3) is 0.200. The predicted octanol–water partition coefficient (Wildman–Crippen LogP) is 1.79. The highest BCUT2D eigenvalue weighted by Gasteiger charge is 1.99. The van der Waals surface area contributed by atoms with E-state index in [1.807, 2.05) is 0 Å². The van der Waals surface area contributed by atoms with Gasteiger partial charge in [-0.25, -0.2) is 0 Å². The molecular weight excluding hydrogens is 145 g/mol. The van der Waals surface area contributed by atoms with Gasteiger partial charge < -0.3 is 5.32 Å². The smallest absolute Gasteiger partial charge is 0.120 e. The number of allylic oxidation sites excluding steroid dienone is 2. The summed E-state index contributed by atoms with van der Waals surface area (Å²) in [6.07, 6.45) is 5.21. The van der Waals surface area contributed by atoms with Crippen LogP contribution in [0.5, 0.6) is 0 Å². The van der Waals surface area contributed by atoms with Gasteiger partial charge in [0, 0.05) is 6.20 Å². The van der Waals surface area contributed by atoms with Crippen molar-refractivity contribution >= 4 is 23.2 Å². The Hall–Kier alpha value is -0.140. The molecule has 1 heterocycles. The lowest BCUT2D eigenvalue weighted by Crippen LogP contribution is -2.17. The lowest BCUT2D eigenvalue weighted by molar-refractivity contribution is 0.898. The first-order valence-electron chi connectivity index (χ1n) is 2.23. The molecule has 1 aliphatic rings. The maximum atomic E-state index is 5.58. The first kappa shape index (κ1) is 5.99. The number of hydrogen-bond donors (Lipinski definition) is 1. The number of rotatable bonds is 0. The lowest BCUT2D eigenvalue weighted by Gasteiger charge is -2.07. The molecule has 1 atom stereocenters. The Kier molecular flexibility index (Phi) is 1.81. The molecular formula is C5H5Cl2N. The van der Waals surface area contributed by atoms with Crippen LogP contribution in [0.15, 0.2) is 23.4 Å². The van der Waals surface area contributed by atoms with Gasteiger partial charge in [-0.2, -0.15) is 0 Å². The van der Waals surface area contributed by atoms with E-state index in [2.05, 4.69) is 5.32 Å². The van der Waals surface area contributed by atoms with Crippen LogP contribution in [0, 0.1) is 0 Å². The third-order valence-corrected chi connectivity index (χ3v) is 1.31. The number of nitrogens with one attached hydrogen (secondary N) is 1. The van der Waals surface area contributed by atoms with Crippen LogP contribution in [0.25, 0.3) is 0 Å². The van der Waals surface area contributed by atoms with Crippen molar-refractivity contribution in [3.63, 3.8) is 0 Å². The van der Waals surface area contributed by atoms with E-state index in [1.54, 1.807) is 18.4 Å². The monoisotopic (exact) mass is 149 g/mol. The number of dihydropyridines is 1. The SMILES string of the molecule is ClC1=CNC(Cl)C=C1. The molecule has 1 unspecified atom stereocenters. The van der Waals surface area contributed by atoms with Crippen molar-refractivity contribution in [2.24, 2.45) is 0 Å². The van der Waals surface area contributed by atoms with E-state index in [-0.39, 0.29) is 5.50 Å². The number of hydrogen-bond acceptors (Lipinski definition) is 1. The average Bonchev–Trinajstić information content (AvgIpc) is 1.77.